The number of benzene rings is 1. The minimum Gasteiger partial charge on any atom is -0.493 e. The van der Waals surface area contributed by atoms with E-state index < -0.39 is 0 Å². The van der Waals surface area contributed by atoms with E-state index in [0.29, 0.717) is 11.2 Å². The van der Waals surface area contributed by atoms with Crippen LogP contribution in [0.1, 0.15) is 30.1 Å². The molecule has 0 aliphatic heterocycles. The zero-order valence-corrected chi connectivity index (χ0v) is 12.9. The lowest BCUT2D eigenvalue weighted by Gasteiger charge is -2.11. The lowest BCUT2D eigenvalue weighted by Crippen LogP contribution is -2.06. The first-order valence-corrected chi connectivity index (χ1v) is 7.40. The van der Waals surface area contributed by atoms with E-state index in [1.54, 1.807) is 14.2 Å². The summed E-state index contributed by atoms with van der Waals surface area (Å²) in [6.45, 7) is 0.771. The van der Waals surface area contributed by atoms with Gasteiger partial charge in [0, 0.05) is 12.5 Å². The smallest absolute Gasteiger partial charge is 0.225 e. The Morgan fingerprint density at radius 3 is 2.62 bits per heavy atom. The maximum absolute atomic E-state index is 6.13. The summed E-state index contributed by atoms with van der Waals surface area (Å²) in [4.78, 5) is 0. The zero-order valence-electron chi connectivity index (χ0n) is 12.2. The SMILES string of the molecule is COc1ccc(CCn2c(Cl)nnc2C2CC2)cc1OC. The molecule has 0 bridgehead atoms. The van der Waals surface area contributed by atoms with Crippen molar-refractivity contribution in [1.82, 2.24) is 14.8 Å². The van der Waals surface area contributed by atoms with Gasteiger partial charge in [0.15, 0.2) is 11.5 Å². The third kappa shape index (κ3) is 2.97. The molecule has 0 amide bonds. The lowest BCUT2D eigenvalue weighted by atomic mass is 10.1. The molecule has 0 N–H and O–H groups in total. The van der Waals surface area contributed by atoms with Crippen LogP contribution in [0.3, 0.4) is 0 Å². The predicted octanol–water partition coefficient (Wildman–Crippen LogP) is 3.07. The Bertz CT molecular complexity index is 638. The molecule has 1 aliphatic rings. The first-order valence-electron chi connectivity index (χ1n) is 7.02. The van der Waals surface area contributed by atoms with Crippen LogP contribution in [-0.4, -0.2) is 29.0 Å². The number of aryl methyl sites for hydroxylation is 1. The number of rotatable bonds is 6. The van der Waals surface area contributed by atoms with Gasteiger partial charge in [0.2, 0.25) is 5.28 Å². The minimum absolute atomic E-state index is 0.470. The van der Waals surface area contributed by atoms with E-state index in [2.05, 4.69) is 10.2 Å². The first-order chi connectivity index (χ1) is 10.2. The molecule has 0 saturated heterocycles. The molecule has 2 aromatic rings. The Labute approximate surface area is 128 Å². The van der Waals surface area contributed by atoms with Gasteiger partial charge in [-0.1, -0.05) is 6.07 Å². The molecular formula is C15H18ClN3O2. The first kappa shape index (κ1) is 14.2. The maximum atomic E-state index is 6.13. The van der Waals surface area contributed by atoms with Gasteiger partial charge in [-0.3, -0.25) is 0 Å². The van der Waals surface area contributed by atoms with Crippen LogP contribution in [0.15, 0.2) is 18.2 Å². The normalized spacial score (nSPS) is 14.2. The van der Waals surface area contributed by atoms with Gasteiger partial charge in [0.05, 0.1) is 14.2 Å². The molecule has 1 fully saturated rings. The van der Waals surface area contributed by atoms with Crippen LogP contribution in [0.25, 0.3) is 0 Å². The Hall–Kier alpha value is -1.75. The van der Waals surface area contributed by atoms with Crippen molar-refractivity contribution in [2.75, 3.05) is 14.2 Å². The fourth-order valence-electron chi connectivity index (χ4n) is 2.42. The molecule has 5 nitrogen and oxygen atoms in total. The topological polar surface area (TPSA) is 49.2 Å². The van der Waals surface area contributed by atoms with Gasteiger partial charge in [-0.2, -0.15) is 0 Å². The Morgan fingerprint density at radius 2 is 1.95 bits per heavy atom. The summed E-state index contributed by atoms with van der Waals surface area (Å²) in [7, 11) is 3.28. The highest BCUT2D eigenvalue weighted by atomic mass is 35.5. The average molecular weight is 308 g/mol. The van der Waals surface area contributed by atoms with Crippen LogP contribution in [0.4, 0.5) is 0 Å². The maximum Gasteiger partial charge on any atom is 0.225 e. The predicted molar refractivity (Wildman–Crippen MR) is 80.3 cm³/mol. The Kier molecular flexibility index (Phi) is 4.01. The Balaban J connectivity index is 1.74. The van der Waals surface area contributed by atoms with Crippen LogP contribution >= 0.6 is 11.6 Å². The Morgan fingerprint density at radius 1 is 1.19 bits per heavy atom. The van der Waals surface area contributed by atoms with Crippen LogP contribution < -0.4 is 9.47 Å². The second-order valence-electron chi connectivity index (χ2n) is 5.19. The lowest BCUT2D eigenvalue weighted by molar-refractivity contribution is 0.354. The molecule has 0 unspecified atom stereocenters. The quantitative estimate of drug-likeness (QED) is 0.823. The third-order valence-electron chi connectivity index (χ3n) is 3.75. The highest BCUT2D eigenvalue weighted by molar-refractivity contribution is 6.28. The molecule has 3 rings (SSSR count). The van der Waals surface area contributed by atoms with Crippen molar-refractivity contribution in [3.63, 3.8) is 0 Å². The second kappa shape index (κ2) is 5.93. The monoisotopic (exact) mass is 307 g/mol. The molecule has 0 spiro atoms. The van der Waals surface area contributed by atoms with Crippen molar-refractivity contribution in [3.8, 4) is 11.5 Å². The molecule has 1 heterocycles. The second-order valence-corrected chi connectivity index (χ2v) is 5.53. The van der Waals surface area contributed by atoms with Crippen molar-refractivity contribution in [2.45, 2.75) is 31.7 Å². The van der Waals surface area contributed by atoms with Gasteiger partial charge < -0.3 is 14.0 Å². The number of nitrogens with zero attached hydrogens (tertiary/aromatic N) is 3. The fraction of sp³-hybridized carbons (Fsp3) is 0.467. The number of hydrogen-bond donors (Lipinski definition) is 0. The summed E-state index contributed by atoms with van der Waals surface area (Å²) in [5.74, 6) is 3.03. The number of halogens is 1. The van der Waals surface area contributed by atoms with E-state index >= 15 is 0 Å². The highest BCUT2D eigenvalue weighted by Gasteiger charge is 2.29. The van der Waals surface area contributed by atoms with Gasteiger partial charge in [-0.15, -0.1) is 10.2 Å². The van der Waals surface area contributed by atoms with Crippen molar-refractivity contribution in [2.24, 2.45) is 0 Å². The van der Waals surface area contributed by atoms with E-state index in [0.717, 1.165) is 30.3 Å². The van der Waals surface area contributed by atoms with E-state index in [1.165, 1.54) is 18.4 Å². The van der Waals surface area contributed by atoms with Gasteiger partial charge in [0.1, 0.15) is 5.82 Å². The zero-order chi connectivity index (χ0) is 14.8. The third-order valence-corrected chi connectivity index (χ3v) is 4.03. The van der Waals surface area contributed by atoms with Crippen LogP contribution in [0.5, 0.6) is 11.5 Å². The van der Waals surface area contributed by atoms with E-state index in [4.69, 9.17) is 21.1 Å². The number of aromatic nitrogens is 3. The summed E-state index contributed by atoms with van der Waals surface area (Å²) < 4.78 is 12.6. The van der Waals surface area contributed by atoms with Crippen LogP contribution in [0, 0.1) is 0 Å². The molecule has 0 radical (unpaired) electrons. The van der Waals surface area contributed by atoms with E-state index in [9.17, 15) is 0 Å². The fourth-order valence-corrected chi connectivity index (χ4v) is 2.63. The summed E-state index contributed by atoms with van der Waals surface area (Å²) in [5, 5.41) is 8.64. The molecule has 6 heteroatoms. The van der Waals surface area contributed by atoms with Gasteiger partial charge in [0.25, 0.3) is 0 Å². The van der Waals surface area contributed by atoms with Crippen LogP contribution in [0.2, 0.25) is 5.28 Å². The molecule has 1 aromatic heterocycles. The molecule has 1 aliphatic carbocycles. The molecule has 0 atom stereocenters. The van der Waals surface area contributed by atoms with Crippen molar-refractivity contribution < 1.29 is 9.47 Å². The molecule has 21 heavy (non-hydrogen) atoms. The summed E-state index contributed by atoms with van der Waals surface area (Å²) >= 11 is 6.13. The molecular weight excluding hydrogens is 290 g/mol. The molecule has 1 saturated carbocycles. The van der Waals surface area contributed by atoms with Gasteiger partial charge in [-0.05, 0) is 48.6 Å². The highest BCUT2D eigenvalue weighted by Crippen LogP contribution is 2.39. The summed E-state index contributed by atoms with van der Waals surface area (Å²) in [5.41, 5.74) is 1.17. The number of methoxy groups -OCH3 is 2. The van der Waals surface area contributed by atoms with E-state index in [-0.39, 0.29) is 0 Å². The molecule has 112 valence electrons. The van der Waals surface area contributed by atoms with Crippen molar-refractivity contribution >= 4 is 11.6 Å². The summed E-state index contributed by atoms with van der Waals surface area (Å²) in [6, 6.07) is 5.95. The summed E-state index contributed by atoms with van der Waals surface area (Å²) in [6.07, 6.45) is 3.22. The van der Waals surface area contributed by atoms with Gasteiger partial charge >= 0.3 is 0 Å². The largest absolute Gasteiger partial charge is 0.493 e. The van der Waals surface area contributed by atoms with E-state index in [1.807, 2.05) is 22.8 Å². The molecule has 1 aromatic carbocycles. The number of hydrogen-bond acceptors (Lipinski definition) is 4. The standard InChI is InChI=1S/C15H18ClN3O2/c1-20-12-6-3-10(9-13(12)21-2)7-8-19-14(11-4-5-11)17-18-15(19)16/h3,6,9,11H,4-5,7-8H2,1-2H3. The minimum atomic E-state index is 0.470. The van der Waals surface area contributed by atoms with Crippen molar-refractivity contribution in [3.05, 3.63) is 34.9 Å². The number of ether oxygens (including phenoxy) is 2. The average Bonchev–Trinajstić information content (AvgIpc) is 3.29. The van der Waals surface area contributed by atoms with Crippen molar-refractivity contribution in [1.29, 1.82) is 0 Å². The van der Waals surface area contributed by atoms with Gasteiger partial charge in [-0.25, -0.2) is 0 Å². The van der Waals surface area contributed by atoms with Crippen LogP contribution in [-0.2, 0) is 13.0 Å².